The zero-order valence-corrected chi connectivity index (χ0v) is 8.87. The molecule has 0 aromatic rings. The first-order valence-corrected chi connectivity index (χ1v) is 5.27. The van der Waals surface area contributed by atoms with E-state index >= 15 is 0 Å². The molecule has 1 aliphatic heterocycles. The highest BCUT2D eigenvalue weighted by Crippen LogP contribution is 2.18. The number of hydrogen-bond acceptors (Lipinski definition) is 3. The summed E-state index contributed by atoms with van der Waals surface area (Å²) in [4.78, 5) is 13.7. The minimum absolute atomic E-state index is 0.0225. The third kappa shape index (κ3) is 3.14. The molecule has 0 amide bonds. The normalized spacial score (nSPS) is 19.2. The Morgan fingerprint density at radius 2 is 2.21 bits per heavy atom. The van der Waals surface area contributed by atoms with Crippen LogP contribution in [0.15, 0.2) is 12.7 Å². The molecule has 1 fully saturated rings. The average molecular weight is 197 g/mol. The Bertz CT molecular complexity index is 195. The van der Waals surface area contributed by atoms with Crippen molar-refractivity contribution in [3.05, 3.63) is 12.7 Å². The Morgan fingerprint density at radius 1 is 1.57 bits per heavy atom. The molecular formula is C11H19NO2. The third-order valence-electron chi connectivity index (χ3n) is 2.59. The highest BCUT2D eigenvalue weighted by atomic mass is 16.5. The van der Waals surface area contributed by atoms with Crippen LogP contribution in [-0.4, -0.2) is 37.1 Å². The van der Waals surface area contributed by atoms with Crippen LogP contribution in [0.4, 0.5) is 0 Å². The van der Waals surface area contributed by atoms with E-state index < -0.39 is 0 Å². The van der Waals surface area contributed by atoms with Crippen molar-refractivity contribution >= 4 is 5.97 Å². The van der Waals surface area contributed by atoms with E-state index in [1.165, 1.54) is 0 Å². The summed E-state index contributed by atoms with van der Waals surface area (Å²) in [6.07, 6.45) is 3.75. The number of carbonyl (C=O) groups excluding carboxylic acids is 1. The molecule has 0 aromatic carbocycles. The van der Waals surface area contributed by atoms with Crippen molar-refractivity contribution in [1.29, 1.82) is 0 Å². The van der Waals surface area contributed by atoms with Gasteiger partial charge >= 0.3 is 5.97 Å². The van der Waals surface area contributed by atoms with Crippen molar-refractivity contribution in [2.75, 3.05) is 26.2 Å². The molecule has 0 aromatic heterocycles. The molecule has 0 saturated carbocycles. The SMILES string of the molecule is C=CCN1CCC(C(=O)OCC)CC1. The molecule has 1 saturated heterocycles. The number of piperidine rings is 1. The Morgan fingerprint density at radius 3 is 2.71 bits per heavy atom. The minimum Gasteiger partial charge on any atom is -0.466 e. The van der Waals surface area contributed by atoms with Crippen molar-refractivity contribution in [3.63, 3.8) is 0 Å². The standard InChI is InChI=1S/C11H19NO2/c1-3-7-12-8-5-10(6-9-12)11(13)14-4-2/h3,10H,1,4-9H2,2H3. The summed E-state index contributed by atoms with van der Waals surface area (Å²) >= 11 is 0. The summed E-state index contributed by atoms with van der Waals surface area (Å²) in [5.41, 5.74) is 0. The summed E-state index contributed by atoms with van der Waals surface area (Å²) in [7, 11) is 0. The van der Waals surface area contributed by atoms with E-state index in [1.807, 2.05) is 13.0 Å². The molecule has 14 heavy (non-hydrogen) atoms. The molecule has 0 spiro atoms. The van der Waals surface area contributed by atoms with Crippen LogP contribution < -0.4 is 0 Å². The van der Waals surface area contributed by atoms with Crippen LogP contribution in [0.3, 0.4) is 0 Å². The molecular weight excluding hydrogens is 178 g/mol. The van der Waals surface area contributed by atoms with E-state index in [2.05, 4.69) is 11.5 Å². The highest BCUT2D eigenvalue weighted by molar-refractivity contribution is 5.72. The van der Waals surface area contributed by atoms with E-state index in [0.29, 0.717) is 6.61 Å². The van der Waals surface area contributed by atoms with Crippen LogP contribution in [0.25, 0.3) is 0 Å². The van der Waals surface area contributed by atoms with Crippen LogP contribution in [0.2, 0.25) is 0 Å². The monoisotopic (exact) mass is 197 g/mol. The molecule has 0 N–H and O–H groups in total. The molecule has 1 heterocycles. The first-order chi connectivity index (χ1) is 6.77. The summed E-state index contributed by atoms with van der Waals surface area (Å²) in [6, 6.07) is 0. The predicted molar refractivity (Wildman–Crippen MR) is 56.0 cm³/mol. The van der Waals surface area contributed by atoms with Gasteiger partial charge in [-0.3, -0.25) is 9.69 Å². The van der Waals surface area contributed by atoms with Crippen molar-refractivity contribution in [2.24, 2.45) is 5.92 Å². The lowest BCUT2D eigenvalue weighted by molar-refractivity contribution is -0.149. The molecule has 80 valence electrons. The van der Waals surface area contributed by atoms with Crippen molar-refractivity contribution in [1.82, 2.24) is 4.90 Å². The second kappa shape index (κ2) is 5.81. The second-order valence-corrected chi connectivity index (χ2v) is 3.62. The van der Waals surface area contributed by atoms with Crippen LogP contribution in [0.1, 0.15) is 19.8 Å². The van der Waals surface area contributed by atoms with E-state index in [9.17, 15) is 4.79 Å². The molecule has 0 bridgehead atoms. The van der Waals surface area contributed by atoms with Crippen LogP contribution in [0, 0.1) is 5.92 Å². The van der Waals surface area contributed by atoms with Crippen molar-refractivity contribution in [3.8, 4) is 0 Å². The summed E-state index contributed by atoms with van der Waals surface area (Å²) in [5, 5.41) is 0. The van der Waals surface area contributed by atoms with Gasteiger partial charge in [0.15, 0.2) is 0 Å². The molecule has 1 rings (SSSR count). The quantitative estimate of drug-likeness (QED) is 0.504. The van der Waals surface area contributed by atoms with E-state index in [1.54, 1.807) is 0 Å². The van der Waals surface area contributed by atoms with Gasteiger partial charge in [-0.05, 0) is 32.9 Å². The van der Waals surface area contributed by atoms with Gasteiger partial charge in [-0.25, -0.2) is 0 Å². The molecule has 0 atom stereocenters. The van der Waals surface area contributed by atoms with Crippen molar-refractivity contribution in [2.45, 2.75) is 19.8 Å². The number of esters is 1. The van der Waals surface area contributed by atoms with Gasteiger partial charge in [0.1, 0.15) is 0 Å². The number of carbonyl (C=O) groups is 1. The predicted octanol–water partition coefficient (Wildman–Crippen LogP) is 1.45. The largest absolute Gasteiger partial charge is 0.466 e. The molecule has 0 aliphatic carbocycles. The smallest absolute Gasteiger partial charge is 0.309 e. The Labute approximate surface area is 85.7 Å². The van der Waals surface area contributed by atoms with Gasteiger partial charge in [0.05, 0.1) is 12.5 Å². The number of likely N-dealkylation sites (tertiary alicyclic amines) is 1. The second-order valence-electron chi connectivity index (χ2n) is 3.62. The van der Waals surface area contributed by atoms with Gasteiger partial charge in [-0.1, -0.05) is 6.08 Å². The van der Waals surface area contributed by atoms with Gasteiger partial charge in [0, 0.05) is 6.54 Å². The van der Waals surface area contributed by atoms with Gasteiger partial charge in [0.25, 0.3) is 0 Å². The lowest BCUT2D eigenvalue weighted by Crippen LogP contribution is -2.36. The summed E-state index contributed by atoms with van der Waals surface area (Å²) in [5.74, 6) is 0.0989. The lowest BCUT2D eigenvalue weighted by atomic mass is 9.97. The fourth-order valence-electron chi connectivity index (χ4n) is 1.79. The topological polar surface area (TPSA) is 29.5 Å². The third-order valence-corrected chi connectivity index (χ3v) is 2.59. The molecule has 1 aliphatic rings. The Kier molecular flexibility index (Phi) is 4.66. The van der Waals surface area contributed by atoms with Crippen molar-refractivity contribution < 1.29 is 9.53 Å². The van der Waals surface area contributed by atoms with Crippen LogP contribution in [0.5, 0.6) is 0 Å². The summed E-state index contributed by atoms with van der Waals surface area (Å²) < 4.78 is 5.00. The number of nitrogens with zero attached hydrogens (tertiary/aromatic N) is 1. The summed E-state index contributed by atoms with van der Waals surface area (Å²) in [6.45, 7) is 8.94. The first kappa shape index (κ1) is 11.2. The van der Waals surface area contributed by atoms with Gasteiger partial charge in [-0.15, -0.1) is 6.58 Å². The number of ether oxygens (including phenoxy) is 1. The molecule has 0 radical (unpaired) electrons. The highest BCUT2D eigenvalue weighted by Gasteiger charge is 2.25. The maximum absolute atomic E-state index is 11.4. The maximum atomic E-state index is 11.4. The van der Waals surface area contributed by atoms with Crippen LogP contribution in [-0.2, 0) is 9.53 Å². The number of hydrogen-bond donors (Lipinski definition) is 0. The Hall–Kier alpha value is -0.830. The van der Waals surface area contributed by atoms with Gasteiger partial charge < -0.3 is 4.74 Å². The zero-order chi connectivity index (χ0) is 10.4. The molecule has 0 unspecified atom stereocenters. The van der Waals surface area contributed by atoms with Gasteiger partial charge in [0.2, 0.25) is 0 Å². The molecule has 3 nitrogen and oxygen atoms in total. The van der Waals surface area contributed by atoms with Crippen LogP contribution >= 0.6 is 0 Å². The molecule has 3 heteroatoms. The average Bonchev–Trinajstić information content (AvgIpc) is 2.20. The van der Waals surface area contributed by atoms with E-state index in [4.69, 9.17) is 4.74 Å². The minimum atomic E-state index is -0.0225. The maximum Gasteiger partial charge on any atom is 0.309 e. The van der Waals surface area contributed by atoms with Gasteiger partial charge in [-0.2, -0.15) is 0 Å². The number of rotatable bonds is 4. The van der Waals surface area contributed by atoms with E-state index in [0.717, 1.165) is 32.5 Å². The first-order valence-electron chi connectivity index (χ1n) is 5.27. The Balaban J connectivity index is 2.27. The lowest BCUT2D eigenvalue weighted by Gasteiger charge is -2.29. The fraction of sp³-hybridized carbons (Fsp3) is 0.727. The van der Waals surface area contributed by atoms with E-state index in [-0.39, 0.29) is 11.9 Å². The zero-order valence-electron chi connectivity index (χ0n) is 8.87. The fourth-order valence-corrected chi connectivity index (χ4v) is 1.79.